The number of hydrogen-bond acceptors (Lipinski definition) is 5. The number of amides is 1. The fourth-order valence-electron chi connectivity index (χ4n) is 2.93. The third-order valence-electron chi connectivity index (χ3n) is 4.52. The number of para-hydroxylation sites is 1. The highest BCUT2D eigenvalue weighted by Crippen LogP contribution is 2.36. The van der Waals surface area contributed by atoms with Crippen LogP contribution < -0.4 is 10.1 Å². The SMILES string of the molecule is CCc1ccccc1OCC(=O)Nc1ccc(-c2nnnn2C2CC2)cc1. The van der Waals surface area contributed by atoms with E-state index < -0.39 is 0 Å². The molecule has 1 saturated carbocycles. The summed E-state index contributed by atoms with van der Waals surface area (Å²) in [6.45, 7) is 2.03. The summed E-state index contributed by atoms with van der Waals surface area (Å²) in [5.41, 5.74) is 2.72. The summed E-state index contributed by atoms with van der Waals surface area (Å²) >= 11 is 0. The lowest BCUT2D eigenvalue weighted by molar-refractivity contribution is -0.118. The lowest BCUT2D eigenvalue weighted by Crippen LogP contribution is -2.20. The van der Waals surface area contributed by atoms with Crippen molar-refractivity contribution in [3.05, 3.63) is 54.1 Å². The Bertz CT molecular complexity index is 932. The van der Waals surface area contributed by atoms with Gasteiger partial charge in [0, 0.05) is 11.3 Å². The molecule has 7 nitrogen and oxygen atoms in total. The molecule has 4 rings (SSSR count). The number of benzene rings is 2. The van der Waals surface area contributed by atoms with Crippen molar-refractivity contribution in [1.82, 2.24) is 20.2 Å². The third-order valence-corrected chi connectivity index (χ3v) is 4.52. The van der Waals surface area contributed by atoms with E-state index in [9.17, 15) is 4.79 Å². The largest absolute Gasteiger partial charge is 0.483 e. The number of tetrazole rings is 1. The molecule has 27 heavy (non-hydrogen) atoms. The number of ether oxygens (including phenoxy) is 1. The maximum Gasteiger partial charge on any atom is 0.262 e. The van der Waals surface area contributed by atoms with Gasteiger partial charge in [-0.3, -0.25) is 4.79 Å². The zero-order valence-electron chi connectivity index (χ0n) is 15.1. The summed E-state index contributed by atoms with van der Waals surface area (Å²) in [5, 5.41) is 14.8. The number of carbonyl (C=O) groups is 1. The minimum absolute atomic E-state index is 0.0291. The van der Waals surface area contributed by atoms with Crippen LogP contribution in [0.1, 0.15) is 31.4 Å². The van der Waals surface area contributed by atoms with Crippen molar-refractivity contribution < 1.29 is 9.53 Å². The zero-order chi connectivity index (χ0) is 18.6. The average molecular weight is 363 g/mol. The fourth-order valence-corrected chi connectivity index (χ4v) is 2.93. The van der Waals surface area contributed by atoms with Gasteiger partial charge in [-0.05, 0) is 65.6 Å². The summed E-state index contributed by atoms with van der Waals surface area (Å²) < 4.78 is 7.52. The fraction of sp³-hybridized carbons (Fsp3) is 0.300. The van der Waals surface area contributed by atoms with Gasteiger partial charge in [0.05, 0.1) is 6.04 Å². The highest BCUT2D eigenvalue weighted by atomic mass is 16.5. The summed E-state index contributed by atoms with van der Waals surface area (Å²) in [7, 11) is 0. The summed E-state index contributed by atoms with van der Waals surface area (Å²) in [4.78, 5) is 12.2. The van der Waals surface area contributed by atoms with E-state index in [1.54, 1.807) is 0 Å². The maximum atomic E-state index is 12.2. The normalized spacial score (nSPS) is 13.4. The molecule has 0 spiro atoms. The molecule has 1 N–H and O–H groups in total. The van der Waals surface area contributed by atoms with E-state index in [1.165, 1.54) is 0 Å². The lowest BCUT2D eigenvalue weighted by atomic mass is 10.1. The second kappa shape index (κ2) is 7.57. The second-order valence-corrected chi connectivity index (χ2v) is 6.55. The standard InChI is InChI=1S/C20H21N5O2/c1-2-14-5-3-4-6-18(14)27-13-19(26)21-16-9-7-15(8-10-16)20-22-23-24-25(20)17-11-12-17/h3-10,17H,2,11-13H2,1H3,(H,21,26). The van der Waals surface area contributed by atoms with Gasteiger partial charge in [0.15, 0.2) is 12.4 Å². The van der Waals surface area contributed by atoms with Gasteiger partial charge in [0.2, 0.25) is 0 Å². The molecule has 7 heteroatoms. The molecule has 0 atom stereocenters. The molecule has 1 heterocycles. The highest BCUT2D eigenvalue weighted by Gasteiger charge is 2.28. The quantitative estimate of drug-likeness (QED) is 0.697. The van der Waals surface area contributed by atoms with E-state index in [4.69, 9.17) is 4.74 Å². The van der Waals surface area contributed by atoms with E-state index in [2.05, 4.69) is 27.8 Å². The number of carbonyl (C=O) groups excluding carboxylic acids is 1. The van der Waals surface area contributed by atoms with Gasteiger partial charge in [0.1, 0.15) is 5.75 Å². The van der Waals surface area contributed by atoms with Crippen LogP contribution in [-0.4, -0.2) is 32.7 Å². The van der Waals surface area contributed by atoms with Crippen molar-refractivity contribution >= 4 is 11.6 Å². The molecule has 0 aliphatic heterocycles. The predicted molar refractivity (Wildman–Crippen MR) is 101 cm³/mol. The number of aryl methyl sites for hydroxylation is 1. The molecule has 3 aromatic rings. The molecule has 1 aromatic heterocycles. The van der Waals surface area contributed by atoms with E-state index in [1.807, 2.05) is 53.2 Å². The first-order valence-corrected chi connectivity index (χ1v) is 9.13. The van der Waals surface area contributed by atoms with Gasteiger partial charge in [0.25, 0.3) is 5.91 Å². The van der Waals surface area contributed by atoms with Crippen LogP contribution in [0.5, 0.6) is 5.75 Å². The molecule has 1 aliphatic rings. The summed E-state index contributed by atoms with van der Waals surface area (Å²) in [6.07, 6.45) is 3.10. The molecule has 1 fully saturated rings. The molecular weight excluding hydrogens is 342 g/mol. The Hall–Kier alpha value is -3.22. The van der Waals surface area contributed by atoms with Crippen LogP contribution in [0.4, 0.5) is 5.69 Å². The van der Waals surface area contributed by atoms with Crippen molar-refractivity contribution in [3.63, 3.8) is 0 Å². The van der Waals surface area contributed by atoms with Crippen LogP contribution in [0.2, 0.25) is 0 Å². The van der Waals surface area contributed by atoms with E-state index in [0.717, 1.165) is 42.0 Å². The molecule has 1 aliphatic carbocycles. The molecule has 0 bridgehead atoms. The number of aromatic nitrogens is 4. The first-order chi connectivity index (χ1) is 13.2. The molecule has 0 radical (unpaired) electrons. The van der Waals surface area contributed by atoms with Gasteiger partial charge >= 0.3 is 0 Å². The topological polar surface area (TPSA) is 81.9 Å². The average Bonchev–Trinajstić information content (AvgIpc) is 3.44. The number of rotatable bonds is 7. The minimum Gasteiger partial charge on any atom is -0.483 e. The molecule has 2 aromatic carbocycles. The number of nitrogens with zero attached hydrogens (tertiary/aromatic N) is 4. The molecule has 1 amide bonds. The van der Waals surface area contributed by atoms with E-state index in [-0.39, 0.29) is 12.5 Å². The van der Waals surface area contributed by atoms with Crippen LogP contribution in [-0.2, 0) is 11.2 Å². The van der Waals surface area contributed by atoms with Gasteiger partial charge in [-0.2, -0.15) is 0 Å². The third kappa shape index (κ3) is 3.97. The molecule has 0 unspecified atom stereocenters. The van der Waals surface area contributed by atoms with Crippen molar-refractivity contribution in [3.8, 4) is 17.1 Å². The maximum absolute atomic E-state index is 12.2. The van der Waals surface area contributed by atoms with Gasteiger partial charge in [-0.15, -0.1) is 5.10 Å². The molecular formula is C20H21N5O2. The van der Waals surface area contributed by atoms with E-state index >= 15 is 0 Å². The predicted octanol–water partition coefficient (Wildman–Crippen LogP) is 3.25. The monoisotopic (exact) mass is 363 g/mol. The lowest BCUT2D eigenvalue weighted by Gasteiger charge is -2.11. The first-order valence-electron chi connectivity index (χ1n) is 9.13. The van der Waals surface area contributed by atoms with Crippen molar-refractivity contribution in [2.75, 3.05) is 11.9 Å². The second-order valence-electron chi connectivity index (χ2n) is 6.55. The van der Waals surface area contributed by atoms with Crippen LogP contribution in [0.3, 0.4) is 0 Å². The Morgan fingerprint density at radius 2 is 1.96 bits per heavy atom. The van der Waals surface area contributed by atoms with Gasteiger partial charge in [-0.1, -0.05) is 25.1 Å². The van der Waals surface area contributed by atoms with E-state index in [0.29, 0.717) is 11.7 Å². The highest BCUT2D eigenvalue weighted by molar-refractivity contribution is 5.92. The van der Waals surface area contributed by atoms with Crippen molar-refractivity contribution in [2.24, 2.45) is 0 Å². The Morgan fingerprint density at radius 3 is 2.70 bits per heavy atom. The zero-order valence-corrected chi connectivity index (χ0v) is 15.1. The van der Waals surface area contributed by atoms with Gasteiger partial charge < -0.3 is 10.1 Å². The van der Waals surface area contributed by atoms with Crippen LogP contribution in [0.25, 0.3) is 11.4 Å². The van der Waals surface area contributed by atoms with Crippen LogP contribution >= 0.6 is 0 Å². The Morgan fingerprint density at radius 1 is 1.19 bits per heavy atom. The number of nitrogens with one attached hydrogen (secondary N) is 1. The Kier molecular flexibility index (Phi) is 4.82. The Labute approximate surface area is 157 Å². The molecule has 138 valence electrons. The van der Waals surface area contributed by atoms with Crippen molar-refractivity contribution in [2.45, 2.75) is 32.2 Å². The smallest absolute Gasteiger partial charge is 0.262 e. The number of hydrogen-bond donors (Lipinski definition) is 1. The molecule has 0 saturated heterocycles. The van der Waals surface area contributed by atoms with Crippen LogP contribution in [0.15, 0.2) is 48.5 Å². The van der Waals surface area contributed by atoms with Crippen LogP contribution in [0, 0.1) is 0 Å². The number of anilines is 1. The summed E-state index contributed by atoms with van der Waals surface area (Å²) in [5.74, 6) is 1.31. The minimum atomic E-state index is -0.198. The van der Waals surface area contributed by atoms with Crippen molar-refractivity contribution in [1.29, 1.82) is 0 Å². The summed E-state index contributed by atoms with van der Waals surface area (Å²) in [6, 6.07) is 15.7. The Balaban J connectivity index is 1.36. The van der Waals surface area contributed by atoms with Gasteiger partial charge in [-0.25, -0.2) is 4.68 Å². The first kappa shape index (κ1) is 17.2.